The zero-order valence-corrected chi connectivity index (χ0v) is 10.7. The number of rotatable bonds is 6. The van der Waals surface area contributed by atoms with E-state index in [-0.39, 0.29) is 5.82 Å². The summed E-state index contributed by atoms with van der Waals surface area (Å²) in [6.07, 6.45) is 2.01. The van der Waals surface area contributed by atoms with Crippen LogP contribution in [0.2, 0.25) is 0 Å². The van der Waals surface area contributed by atoms with E-state index in [0.717, 1.165) is 24.2 Å². The van der Waals surface area contributed by atoms with Crippen LogP contribution < -0.4 is 5.32 Å². The van der Waals surface area contributed by atoms with E-state index in [1.807, 2.05) is 19.9 Å². The van der Waals surface area contributed by atoms with E-state index in [4.69, 9.17) is 4.74 Å². The lowest BCUT2D eigenvalue weighted by molar-refractivity contribution is 0.200. The number of aryl methyl sites for hydroxylation is 1. The van der Waals surface area contributed by atoms with Crippen LogP contribution in [0.4, 0.5) is 4.39 Å². The number of nitrogens with one attached hydrogen (secondary N) is 1. The summed E-state index contributed by atoms with van der Waals surface area (Å²) in [5, 5.41) is 3.25. The van der Waals surface area contributed by atoms with Crippen LogP contribution in [-0.4, -0.2) is 26.8 Å². The Morgan fingerprint density at radius 1 is 1.47 bits per heavy atom. The molecule has 0 atom stereocenters. The van der Waals surface area contributed by atoms with Gasteiger partial charge < -0.3 is 10.1 Å². The summed E-state index contributed by atoms with van der Waals surface area (Å²) in [6.45, 7) is 6.33. The van der Waals surface area contributed by atoms with Crippen molar-refractivity contribution < 1.29 is 9.13 Å². The molecule has 1 N–H and O–H groups in total. The predicted octanol–water partition coefficient (Wildman–Crippen LogP) is 2.77. The number of benzene rings is 1. The second-order valence-electron chi connectivity index (χ2n) is 4.16. The van der Waals surface area contributed by atoms with E-state index in [2.05, 4.69) is 5.32 Å². The van der Waals surface area contributed by atoms with Gasteiger partial charge in [0.15, 0.2) is 0 Å². The van der Waals surface area contributed by atoms with Gasteiger partial charge in [-0.15, -0.1) is 0 Å². The fourth-order valence-corrected chi connectivity index (χ4v) is 1.54. The smallest absolute Gasteiger partial charge is 0.123 e. The Hall–Kier alpha value is -1.19. The third kappa shape index (κ3) is 5.11. The Bertz CT molecular complexity index is 388. The Kier molecular flexibility index (Phi) is 5.87. The molecule has 0 saturated heterocycles. The standard InChI is InChI=1S/C14H20FNO/c1-11(10-16-6-7-17-3)8-13-9-14(15)5-4-12(13)2/h4-5,8-9,16H,6-7,10H2,1-3H3/b11-8+. The summed E-state index contributed by atoms with van der Waals surface area (Å²) in [4.78, 5) is 0. The zero-order valence-electron chi connectivity index (χ0n) is 10.7. The minimum absolute atomic E-state index is 0.193. The summed E-state index contributed by atoms with van der Waals surface area (Å²) in [6, 6.07) is 4.85. The van der Waals surface area contributed by atoms with Gasteiger partial charge in [0.1, 0.15) is 5.82 Å². The second kappa shape index (κ2) is 7.20. The minimum atomic E-state index is -0.193. The van der Waals surface area contributed by atoms with Crippen molar-refractivity contribution >= 4 is 6.08 Å². The van der Waals surface area contributed by atoms with Crippen molar-refractivity contribution in [2.75, 3.05) is 26.8 Å². The third-order valence-corrected chi connectivity index (χ3v) is 2.53. The number of halogens is 1. The number of hydrogen-bond acceptors (Lipinski definition) is 2. The van der Waals surface area contributed by atoms with Crippen molar-refractivity contribution in [3.63, 3.8) is 0 Å². The molecular formula is C14H20FNO. The number of ether oxygens (including phenoxy) is 1. The summed E-state index contributed by atoms with van der Waals surface area (Å²) in [5.74, 6) is -0.193. The van der Waals surface area contributed by atoms with Crippen LogP contribution >= 0.6 is 0 Å². The van der Waals surface area contributed by atoms with Gasteiger partial charge in [-0.3, -0.25) is 0 Å². The fraction of sp³-hybridized carbons (Fsp3) is 0.429. The first-order valence-electron chi connectivity index (χ1n) is 5.76. The molecule has 0 aromatic heterocycles. The van der Waals surface area contributed by atoms with Gasteiger partial charge in [0, 0.05) is 20.2 Å². The predicted molar refractivity (Wildman–Crippen MR) is 69.5 cm³/mol. The molecule has 0 bridgehead atoms. The minimum Gasteiger partial charge on any atom is -0.383 e. The molecule has 0 aliphatic rings. The van der Waals surface area contributed by atoms with Gasteiger partial charge in [-0.05, 0) is 37.1 Å². The first kappa shape index (κ1) is 13.9. The monoisotopic (exact) mass is 237 g/mol. The van der Waals surface area contributed by atoms with E-state index in [1.54, 1.807) is 19.2 Å². The molecule has 0 aliphatic carbocycles. The van der Waals surface area contributed by atoms with Crippen LogP contribution in [-0.2, 0) is 4.74 Å². The van der Waals surface area contributed by atoms with E-state index in [0.29, 0.717) is 6.61 Å². The van der Waals surface area contributed by atoms with Crippen molar-refractivity contribution in [2.24, 2.45) is 0 Å². The molecule has 1 rings (SSSR count). The summed E-state index contributed by atoms with van der Waals surface area (Å²) in [7, 11) is 1.68. The molecule has 0 amide bonds. The zero-order chi connectivity index (χ0) is 12.7. The maximum absolute atomic E-state index is 13.1. The highest BCUT2D eigenvalue weighted by Crippen LogP contribution is 2.13. The van der Waals surface area contributed by atoms with Crippen LogP contribution in [0.3, 0.4) is 0 Å². The lowest BCUT2D eigenvalue weighted by atomic mass is 10.1. The maximum atomic E-state index is 13.1. The van der Waals surface area contributed by atoms with E-state index >= 15 is 0 Å². The van der Waals surface area contributed by atoms with E-state index in [1.165, 1.54) is 11.6 Å². The molecule has 0 spiro atoms. The highest BCUT2D eigenvalue weighted by molar-refractivity contribution is 5.56. The van der Waals surface area contributed by atoms with Crippen LogP contribution in [0.1, 0.15) is 18.1 Å². The third-order valence-electron chi connectivity index (χ3n) is 2.53. The van der Waals surface area contributed by atoms with E-state index in [9.17, 15) is 4.39 Å². The summed E-state index contributed by atoms with van der Waals surface area (Å²) in [5.41, 5.74) is 3.20. The van der Waals surface area contributed by atoms with Gasteiger partial charge in [0.05, 0.1) is 6.61 Å². The average molecular weight is 237 g/mol. The normalized spacial score (nSPS) is 11.9. The molecule has 0 aliphatic heterocycles. The molecule has 0 radical (unpaired) electrons. The number of hydrogen-bond donors (Lipinski definition) is 1. The second-order valence-corrected chi connectivity index (χ2v) is 4.16. The number of methoxy groups -OCH3 is 1. The lowest BCUT2D eigenvalue weighted by Gasteiger charge is -2.06. The van der Waals surface area contributed by atoms with Crippen LogP contribution in [0.15, 0.2) is 23.8 Å². The van der Waals surface area contributed by atoms with Crippen molar-refractivity contribution in [3.8, 4) is 0 Å². The molecule has 1 aromatic carbocycles. The molecule has 3 heteroatoms. The Morgan fingerprint density at radius 2 is 2.24 bits per heavy atom. The van der Waals surface area contributed by atoms with E-state index < -0.39 is 0 Å². The quantitative estimate of drug-likeness (QED) is 0.768. The van der Waals surface area contributed by atoms with Crippen molar-refractivity contribution in [3.05, 3.63) is 40.7 Å². The molecule has 0 unspecified atom stereocenters. The summed E-state index contributed by atoms with van der Waals surface area (Å²) >= 11 is 0. The maximum Gasteiger partial charge on any atom is 0.123 e. The Balaban J connectivity index is 2.57. The first-order chi connectivity index (χ1) is 8.13. The highest BCUT2D eigenvalue weighted by Gasteiger charge is 1.98. The summed E-state index contributed by atoms with van der Waals surface area (Å²) < 4.78 is 18.0. The molecule has 1 aromatic rings. The van der Waals surface area contributed by atoms with Gasteiger partial charge in [0.25, 0.3) is 0 Å². The van der Waals surface area contributed by atoms with Gasteiger partial charge in [-0.25, -0.2) is 4.39 Å². The molecule has 0 saturated carbocycles. The average Bonchev–Trinajstić information content (AvgIpc) is 2.29. The fourth-order valence-electron chi connectivity index (χ4n) is 1.54. The Labute approximate surface area is 102 Å². The molecule has 0 heterocycles. The van der Waals surface area contributed by atoms with Crippen molar-refractivity contribution in [2.45, 2.75) is 13.8 Å². The molecule has 0 fully saturated rings. The van der Waals surface area contributed by atoms with Gasteiger partial charge in [-0.2, -0.15) is 0 Å². The van der Waals surface area contributed by atoms with Crippen molar-refractivity contribution in [1.82, 2.24) is 5.32 Å². The SMILES string of the molecule is COCCNC/C(C)=C/c1cc(F)ccc1C. The van der Waals surface area contributed by atoms with Crippen LogP contribution in [0.25, 0.3) is 6.08 Å². The first-order valence-corrected chi connectivity index (χ1v) is 5.76. The van der Waals surface area contributed by atoms with Gasteiger partial charge in [-0.1, -0.05) is 17.7 Å². The van der Waals surface area contributed by atoms with Crippen molar-refractivity contribution in [1.29, 1.82) is 0 Å². The molecule has 2 nitrogen and oxygen atoms in total. The van der Waals surface area contributed by atoms with Gasteiger partial charge in [0.2, 0.25) is 0 Å². The highest BCUT2D eigenvalue weighted by atomic mass is 19.1. The topological polar surface area (TPSA) is 21.3 Å². The lowest BCUT2D eigenvalue weighted by Crippen LogP contribution is -2.20. The van der Waals surface area contributed by atoms with Gasteiger partial charge >= 0.3 is 0 Å². The van der Waals surface area contributed by atoms with Crippen LogP contribution in [0, 0.1) is 12.7 Å². The van der Waals surface area contributed by atoms with Crippen LogP contribution in [0.5, 0.6) is 0 Å². The molecule has 17 heavy (non-hydrogen) atoms. The molecule has 94 valence electrons. The molecular weight excluding hydrogens is 217 g/mol. The Morgan fingerprint density at radius 3 is 2.94 bits per heavy atom. The largest absolute Gasteiger partial charge is 0.383 e.